The van der Waals surface area contributed by atoms with E-state index < -0.39 is 0 Å². The molecule has 0 unspecified atom stereocenters. The fourth-order valence-corrected chi connectivity index (χ4v) is 2.76. The van der Waals surface area contributed by atoms with Crippen molar-refractivity contribution < 1.29 is 0 Å². The Hall–Kier alpha value is -1.39. The van der Waals surface area contributed by atoms with Gasteiger partial charge in [0.05, 0.1) is 6.54 Å². The lowest BCUT2D eigenvalue weighted by molar-refractivity contribution is 0.245. The highest BCUT2D eigenvalue weighted by molar-refractivity contribution is 7.09. The van der Waals surface area contributed by atoms with Crippen molar-refractivity contribution in [3.63, 3.8) is 0 Å². The molecule has 0 atom stereocenters. The third-order valence-electron chi connectivity index (χ3n) is 3.25. The van der Waals surface area contributed by atoms with E-state index in [1.165, 1.54) is 23.4 Å². The zero-order valence-electron chi connectivity index (χ0n) is 10.2. The molecule has 0 aliphatic heterocycles. The number of nitrogens with two attached hydrogens (primary N) is 1. The molecular weight excluding hydrogens is 242 g/mol. The Kier molecular flexibility index (Phi) is 3.30. The maximum absolute atomic E-state index is 5.72. The molecule has 4 heteroatoms. The number of nitrogens with zero attached hydrogens (tertiary/aromatic N) is 2. The summed E-state index contributed by atoms with van der Waals surface area (Å²) >= 11 is 1.74. The van der Waals surface area contributed by atoms with Crippen LogP contribution in [0.3, 0.4) is 0 Å². The van der Waals surface area contributed by atoms with Crippen LogP contribution in [0.25, 0.3) is 0 Å². The SMILES string of the molecule is Nc1ccc(CN(Cc2nccs2)C2CC2)cc1. The van der Waals surface area contributed by atoms with Crippen LogP contribution in [0.4, 0.5) is 5.69 Å². The molecule has 2 aromatic rings. The molecule has 3 rings (SSSR count). The van der Waals surface area contributed by atoms with Gasteiger partial charge in [-0.25, -0.2) is 4.98 Å². The molecule has 0 bridgehead atoms. The summed E-state index contributed by atoms with van der Waals surface area (Å²) in [6, 6.07) is 8.93. The van der Waals surface area contributed by atoms with Crippen molar-refractivity contribution >= 4 is 17.0 Å². The molecule has 1 aromatic carbocycles. The van der Waals surface area contributed by atoms with Crippen LogP contribution >= 0.6 is 11.3 Å². The zero-order chi connectivity index (χ0) is 12.4. The number of anilines is 1. The Morgan fingerprint density at radius 1 is 1.22 bits per heavy atom. The second kappa shape index (κ2) is 5.08. The molecule has 0 radical (unpaired) electrons. The van der Waals surface area contributed by atoms with Gasteiger partial charge in [0, 0.05) is 29.9 Å². The van der Waals surface area contributed by atoms with Crippen molar-refractivity contribution in [2.75, 3.05) is 5.73 Å². The van der Waals surface area contributed by atoms with E-state index in [0.717, 1.165) is 24.8 Å². The topological polar surface area (TPSA) is 42.1 Å². The third-order valence-corrected chi connectivity index (χ3v) is 4.01. The van der Waals surface area contributed by atoms with Crippen LogP contribution in [0.15, 0.2) is 35.8 Å². The lowest BCUT2D eigenvalue weighted by Crippen LogP contribution is -2.24. The molecule has 1 heterocycles. The van der Waals surface area contributed by atoms with Crippen molar-refractivity contribution in [1.82, 2.24) is 9.88 Å². The number of thiazole rings is 1. The van der Waals surface area contributed by atoms with E-state index in [1.807, 2.05) is 23.7 Å². The standard InChI is InChI=1S/C14H17N3S/c15-12-3-1-11(2-4-12)9-17(13-5-6-13)10-14-16-7-8-18-14/h1-4,7-8,13H,5-6,9-10,15H2. The van der Waals surface area contributed by atoms with E-state index in [-0.39, 0.29) is 0 Å². The molecule has 1 aromatic heterocycles. The molecule has 1 fully saturated rings. The predicted octanol–water partition coefficient (Wildman–Crippen LogP) is 2.89. The maximum Gasteiger partial charge on any atom is 0.107 e. The van der Waals surface area contributed by atoms with Crippen molar-refractivity contribution in [2.24, 2.45) is 0 Å². The van der Waals surface area contributed by atoms with Gasteiger partial charge in [-0.2, -0.15) is 0 Å². The largest absolute Gasteiger partial charge is 0.399 e. The molecule has 1 aliphatic rings. The minimum Gasteiger partial charge on any atom is -0.399 e. The molecule has 2 N–H and O–H groups in total. The first-order valence-corrected chi connectivity index (χ1v) is 7.16. The number of aromatic nitrogens is 1. The summed E-state index contributed by atoms with van der Waals surface area (Å²) in [5.74, 6) is 0. The summed E-state index contributed by atoms with van der Waals surface area (Å²) in [7, 11) is 0. The summed E-state index contributed by atoms with van der Waals surface area (Å²) < 4.78 is 0. The first-order chi connectivity index (χ1) is 8.81. The summed E-state index contributed by atoms with van der Waals surface area (Å²) in [6.07, 6.45) is 4.52. The second-order valence-electron chi connectivity index (χ2n) is 4.80. The lowest BCUT2D eigenvalue weighted by atomic mass is 10.2. The normalized spacial score (nSPS) is 15.2. The molecular formula is C14H17N3S. The Morgan fingerprint density at radius 2 is 2.00 bits per heavy atom. The highest BCUT2D eigenvalue weighted by Crippen LogP contribution is 2.30. The number of hydrogen-bond donors (Lipinski definition) is 1. The van der Waals surface area contributed by atoms with Gasteiger partial charge in [0.2, 0.25) is 0 Å². The highest BCUT2D eigenvalue weighted by Gasteiger charge is 2.29. The average molecular weight is 259 g/mol. The average Bonchev–Trinajstić information content (AvgIpc) is 3.10. The van der Waals surface area contributed by atoms with Gasteiger partial charge < -0.3 is 5.73 Å². The van der Waals surface area contributed by atoms with Crippen LogP contribution in [-0.2, 0) is 13.1 Å². The van der Waals surface area contributed by atoms with Crippen molar-refractivity contribution in [3.8, 4) is 0 Å². The van der Waals surface area contributed by atoms with E-state index in [4.69, 9.17) is 5.73 Å². The smallest absolute Gasteiger partial charge is 0.107 e. The van der Waals surface area contributed by atoms with Crippen molar-refractivity contribution in [3.05, 3.63) is 46.4 Å². The van der Waals surface area contributed by atoms with Gasteiger partial charge >= 0.3 is 0 Å². The Labute approximate surface area is 111 Å². The quantitative estimate of drug-likeness (QED) is 0.840. The molecule has 1 aliphatic carbocycles. The number of benzene rings is 1. The molecule has 0 spiro atoms. The van der Waals surface area contributed by atoms with E-state index in [1.54, 1.807) is 11.3 Å². The molecule has 0 saturated heterocycles. The summed E-state index contributed by atoms with van der Waals surface area (Å²) in [5.41, 5.74) is 7.87. The first-order valence-electron chi connectivity index (χ1n) is 6.28. The van der Waals surface area contributed by atoms with Gasteiger partial charge in [0.15, 0.2) is 0 Å². The fourth-order valence-electron chi connectivity index (χ4n) is 2.12. The van der Waals surface area contributed by atoms with Gasteiger partial charge in [0.1, 0.15) is 5.01 Å². The zero-order valence-corrected chi connectivity index (χ0v) is 11.1. The fraction of sp³-hybridized carbons (Fsp3) is 0.357. The van der Waals surface area contributed by atoms with Crippen LogP contribution < -0.4 is 5.73 Å². The minimum atomic E-state index is 0.742. The van der Waals surface area contributed by atoms with Gasteiger partial charge in [0.25, 0.3) is 0 Å². The van der Waals surface area contributed by atoms with Crippen LogP contribution in [0.5, 0.6) is 0 Å². The number of hydrogen-bond acceptors (Lipinski definition) is 4. The Balaban J connectivity index is 1.68. The molecule has 3 nitrogen and oxygen atoms in total. The van der Waals surface area contributed by atoms with E-state index in [2.05, 4.69) is 22.0 Å². The van der Waals surface area contributed by atoms with Crippen molar-refractivity contribution in [2.45, 2.75) is 32.0 Å². The molecule has 94 valence electrons. The third kappa shape index (κ3) is 2.89. The summed E-state index contributed by atoms with van der Waals surface area (Å²) in [5, 5.41) is 3.25. The maximum atomic E-state index is 5.72. The Bertz CT molecular complexity index is 488. The van der Waals surface area contributed by atoms with E-state index in [9.17, 15) is 0 Å². The predicted molar refractivity (Wildman–Crippen MR) is 75.2 cm³/mol. The van der Waals surface area contributed by atoms with Crippen LogP contribution in [0.2, 0.25) is 0 Å². The number of nitrogen functional groups attached to an aromatic ring is 1. The first kappa shape index (κ1) is 11.7. The monoisotopic (exact) mass is 259 g/mol. The lowest BCUT2D eigenvalue weighted by Gasteiger charge is -2.20. The van der Waals surface area contributed by atoms with E-state index >= 15 is 0 Å². The Morgan fingerprint density at radius 3 is 2.61 bits per heavy atom. The molecule has 18 heavy (non-hydrogen) atoms. The van der Waals surface area contributed by atoms with Crippen LogP contribution in [0, 0.1) is 0 Å². The van der Waals surface area contributed by atoms with Crippen LogP contribution in [0.1, 0.15) is 23.4 Å². The highest BCUT2D eigenvalue weighted by atomic mass is 32.1. The van der Waals surface area contributed by atoms with Gasteiger partial charge in [-0.15, -0.1) is 11.3 Å². The van der Waals surface area contributed by atoms with Crippen LogP contribution in [-0.4, -0.2) is 15.9 Å². The second-order valence-corrected chi connectivity index (χ2v) is 5.78. The molecule has 1 saturated carbocycles. The number of rotatable bonds is 5. The van der Waals surface area contributed by atoms with Crippen molar-refractivity contribution in [1.29, 1.82) is 0 Å². The van der Waals surface area contributed by atoms with Gasteiger partial charge in [-0.3, -0.25) is 4.90 Å². The van der Waals surface area contributed by atoms with Gasteiger partial charge in [-0.05, 0) is 30.5 Å². The minimum absolute atomic E-state index is 0.742. The van der Waals surface area contributed by atoms with Gasteiger partial charge in [-0.1, -0.05) is 12.1 Å². The van der Waals surface area contributed by atoms with E-state index in [0.29, 0.717) is 0 Å². The summed E-state index contributed by atoms with van der Waals surface area (Å²) in [6.45, 7) is 1.96. The molecule has 0 amide bonds. The summed E-state index contributed by atoms with van der Waals surface area (Å²) in [4.78, 5) is 6.90.